The number of likely N-dealkylation sites (tertiary alicyclic amines) is 1. The zero-order chi connectivity index (χ0) is 18.8. The summed E-state index contributed by atoms with van der Waals surface area (Å²) in [4.78, 5) is 42.4. The molecule has 7 heteroatoms. The van der Waals surface area contributed by atoms with Gasteiger partial charge in [-0.25, -0.2) is 4.79 Å². The second-order valence-electron chi connectivity index (χ2n) is 6.81. The van der Waals surface area contributed by atoms with Crippen LogP contribution in [-0.4, -0.2) is 34.3 Å². The highest BCUT2D eigenvalue weighted by Gasteiger charge is 2.29. The lowest BCUT2D eigenvalue weighted by Crippen LogP contribution is -2.38. The number of urea groups is 1. The smallest absolute Gasteiger partial charge is 0.317 e. The number of hydrogen-bond donors (Lipinski definition) is 2. The summed E-state index contributed by atoms with van der Waals surface area (Å²) in [6.07, 6.45) is 7.50. The molecule has 1 aromatic heterocycles. The molecule has 2 N–H and O–H groups in total. The molecule has 138 valence electrons. The average Bonchev–Trinajstić information content (AvgIpc) is 2.86. The van der Waals surface area contributed by atoms with Gasteiger partial charge in [-0.05, 0) is 48.7 Å². The third-order valence-corrected chi connectivity index (χ3v) is 5.09. The van der Waals surface area contributed by atoms with Crippen LogP contribution in [0.4, 0.5) is 10.5 Å². The fourth-order valence-corrected chi connectivity index (χ4v) is 3.72. The number of anilines is 1. The van der Waals surface area contributed by atoms with E-state index in [1.54, 1.807) is 30.6 Å². The van der Waals surface area contributed by atoms with Crippen LogP contribution in [0.2, 0.25) is 0 Å². The topological polar surface area (TPSA) is 91.4 Å². The molecule has 0 bridgehead atoms. The fraction of sp³-hybridized carbons (Fsp3) is 0.300. The summed E-state index contributed by atoms with van der Waals surface area (Å²) in [6, 6.07) is 8.44. The number of rotatable bonds is 2. The van der Waals surface area contributed by atoms with Gasteiger partial charge in [0.1, 0.15) is 0 Å². The van der Waals surface area contributed by atoms with E-state index in [4.69, 9.17) is 0 Å². The second-order valence-corrected chi connectivity index (χ2v) is 6.81. The number of nitrogens with zero attached hydrogens (tertiary/aromatic N) is 2. The summed E-state index contributed by atoms with van der Waals surface area (Å²) in [5.74, 6) is -0.839. The van der Waals surface area contributed by atoms with Crippen molar-refractivity contribution in [3.8, 4) is 0 Å². The van der Waals surface area contributed by atoms with E-state index in [0.29, 0.717) is 23.4 Å². The molecule has 0 saturated carbocycles. The van der Waals surface area contributed by atoms with Crippen molar-refractivity contribution in [3.63, 3.8) is 0 Å². The molecular weight excluding hydrogens is 344 g/mol. The van der Waals surface area contributed by atoms with Crippen molar-refractivity contribution in [2.75, 3.05) is 11.9 Å². The van der Waals surface area contributed by atoms with Crippen LogP contribution in [0.3, 0.4) is 0 Å². The van der Waals surface area contributed by atoms with Gasteiger partial charge in [-0.15, -0.1) is 0 Å². The second kappa shape index (κ2) is 7.19. The predicted octanol–water partition coefficient (Wildman–Crippen LogP) is 3.11. The molecule has 4 amide bonds. The van der Waals surface area contributed by atoms with Crippen molar-refractivity contribution < 1.29 is 14.4 Å². The lowest BCUT2D eigenvalue weighted by atomic mass is 10.0. The number of nitrogens with one attached hydrogen (secondary N) is 2. The molecule has 7 nitrogen and oxygen atoms in total. The number of benzene rings is 1. The summed E-state index contributed by atoms with van der Waals surface area (Å²) in [7, 11) is 0. The minimum atomic E-state index is -0.435. The van der Waals surface area contributed by atoms with Gasteiger partial charge >= 0.3 is 6.03 Å². The third-order valence-electron chi connectivity index (χ3n) is 5.09. The molecule has 1 saturated heterocycles. The maximum Gasteiger partial charge on any atom is 0.322 e. The molecular formula is C20H20N4O3. The fourth-order valence-electron chi connectivity index (χ4n) is 3.72. The molecule has 0 spiro atoms. The third kappa shape index (κ3) is 3.40. The van der Waals surface area contributed by atoms with Gasteiger partial charge in [0, 0.05) is 24.6 Å². The summed E-state index contributed by atoms with van der Waals surface area (Å²) >= 11 is 0. The first-order valence-electron chi connectivity index (χ1n) is 9.11. The molecule has 4 rings (SSSR count). The molecule has 1 aromatic carbocycles. The minimum Gasteiger partial charge on any atom is -0.317 e. The van der Waals surface area contributed by atoms with Gasteiger partial charge < -0.3 is 10.2 Å². The van der Waals surface area contributed by atoms with E-state index >= 15 is 0 Å². The standard InChI is InChI=1S/C20H20N4O3/c25-18-15-6-5-14(12-16(15)19(26)23-18)22-20(27)24-11-3-1-2-4-17(24)13-7-9-21-10-8-13/h5-10,12,17H,1-4,11H2,(H,22,27)(H,23,25,26). The largest absolute Gasteiger partial charge is 0.322 e. The molecule has 1 atom stereocenters. The number of pyridine rings is 1. The van der Waals surface area contributed by atoms with E-state index in [0.717, 1.165) is 31.2 Å². The molecule has 2 aromatic rings. The van der Waals surface area contributed by atoms with Gasteiger partial charge in [-0.1, -0.05) is 12.8 Å². The molecule has 27 heavy (non-hydrogen) atoms. The highest BCUT2D eigenvalue weighted by atomic mass is 16.2. The monoisotopic (exact) mass is 364 g/mol. The van der Waals surface area contributed by atoms with Crippen LogP contribution in [0.1, 0.15) is 58.0 Å². The Morgan fingerprint density at radius 1 is 1.04 bits per heavy atom. The van der Waals surface area contributed by atoms with Crippen LogP contribution in [0.5, 0.6) is 0 Å². The van der Waals surface area contributed by atoms with E-state index in [9.17, 15) is 14.4 Å². The van der Waals surface area contributed by atoms with Crippen molar-refractivity contribution in [2.45, 2.75) is 31.7 Å². The van der Waals surface area contributed by atoms with Crippen LogP contribution in [0.15, 0.2) is 42.7 Å². The maximum atomic E-state index is 13.0. The summed E-state index contributed by atoms with van der Waals surface area (Å²) < 4.78 is 0. The Balaban J connectivity index is 1.57. The predicted molar refractivity (Wildman–Crippen MR) is 99.4 cm³/mol. The Kier molecular flexibility index (Phi) is 4.58. The van der Waals surface area contributed by atoms with Crippen molar-refractivity contribution in [1.29, 1.82) is 0 Å². The number of carbonyl (C=O) groups is 3. The zero-order valence-corrected chi connectivity index (χ0v) is 14.8. The number of aromatic nitrogens is 1. The number of fused-ring (bicyclic) bond motifs is 1. The average molecular weight is 364 g/mol. The number of carbonyl (C=O) groups excluding carboxylic acids is 3. The quantitative estimate of drug-likeness (QED) is 0.801. The first-order chi connectivity index (χ1) is 13.1. The lowest BCUT2D eigenvalue weighted by Gasteiger charge is -2.30. The van der Waals surface area contributed by atoms with E-state index in [1.807, 2.05) is 17.0 Å². The molecule has 1 fully saturated rings. The first kappa shape index (κ1) is 17.2. The van der Waals surface area contributed by atoms with E-state index in [1.165, 1.54) is 0 Å². The maximum absolute atomic E-state index is 13.0. The number of amides is 4. The van der Waals surface area contributed by atoms with Crippen molar-refractivity contribution >= 4 is 23.5 Å². The van der Waals surface area contributed by atoms with Crippen LogP contribution in [0.25, 0.3) is 0 Å². The van der Waals surface area contributed by atoms with Gasteiger partial charge in [0.2, 0.25) is 0 Å². The van der Waals surface area contributed by atoms with Crippen LogP contribution in [-0.2, 0) is 0 Å². The minimum absolute atomic E-state index is 0.00481. The zero-order valence-electron chi connectivity index (χ0n) is 14.8. The summed E-state index contributed by atoms with van der Waals surface area (Å²) in [5.41, 5.74) is 2.20. The van der Waals surface area contributed by atoms with E-state index in [2.05, 4.69) is 15.6 Å². The van der Waals surface area contributed by atoms with Crippen molar-refractivity contribution in [3.05, 3.63) is 59.4 Å². The Bertz CT molecular complexity index is 897. The summed E-state index contributed by atoms with van der Waals surface area (Å²) in [5, 5.41) is 5.14. The molecule has 3 heterocycles. The first-order valence-corrected chi connectivity index (χ1v) is 9.11. The molecule has 1 unspecified atom stereocenters. The Hall–Kier alpha value is -3.22. The van der Waals surface area contributed by atoms with E-state index in [-0.39, 0.29) is 12.1 Å². The summed E-state index contributed by atoms with van der Waals surface area (Å²) in [6.45, 7) is 0.669. The lowest BCUT2D eigenvalue weighted by molar-refractivity contribution is 0.0879. The number of hydrogen-bond acceptors (Lipinski definition) is 4. The highest BCUT2D eigenvalue weighted by molar-refractivity contribution is 6.22. The molecule has 2 aliphatic heterocycles. The van der Waals surface area contributed by atoms with Crippen molar-refractivity contribution in [2.24, 2.45) is 0 Å². The SMILES string of the molecule is O=C1NC(=O)c2cc(NC(=O)N3CCCCCC3c3ccncc3)ccc21. The number of imide groups is 1. The van der Waals surface area contributed by atoms with Gasteiger partial charge in [0.25, 0.3) is 11.8 Å². The van der Waals surface area contributed by atoms with Crippen molar-refractivity contribution in [1.82, 2.24) is 15.2 Å². The Labute approximate surface area is 156 Å². The van der Waals surface area contributed by atoms with Crippen LogP contribution < -0.4 is 10.6 Å². The highest BCUT2D eigenvalue weighted by Crippen LogP contribution is 2.30. The van der Waals surface area contributed by atoms with Crippen LogP contribution >= 0.6 is 0 Å². The van der Waals surface area contributed by atoms with E-state index < -0.39 is 11.8 Å². The van der Waals surface area contributed by atoms with Gasteiger partial charge in [-0.2, -0.15) is 0 Å². The van der Waals surface area contributed by atoms with Gasteiger partial charge in [0.15, 0.2) is 0 Å². The van der Waals surface area contributed by atoms with Crippen LogP contribution in [0, 0.1) is 0 Å². The van der Waals surface area contributed by atoms with Gasteiger partial charge in [0.05, 0.1) is 17.2 Å². The Morgan fingerprint density at radius 2 is 1.81 bits per heavy atom. The molecule has 0 radical (unpaired) electrons. The normalized spacial score (nSPS) is 19.3. The molecule has 0 aliphatic carbocycles. The Morgan fingerprint density at radius 3 is 2.63 bits per heavy atom. The van der Waals surface area contributed by atoms with Gasteiger partial charge in [-0.3, -0.25) is 19.9 Å². The molecule has 2 aliphatic rings.